The van der Waals surface area contributed by atoms with Crippen molar-refractivity contribution in [2.45, 2.75) is 38.7 Å². The molecule has 5 nitrogen and oxygen atoms in total. The van der Waals surface area contributed by atoms with Crippen molar-refractivity contribution < 1.29 is 13.2 Å². The summed E-state index contributed by atoms with van der Waals surface area (Å²) in [6.07, 6.45) is 2.81. The third-order valence-corrected chi connectivity index (χ3v) is 4.61. The first-order valence-corrected chi connectivity index (χ1v) is 11.0. The van der Waals surface area contributed by atoms with E-state index in [1.807, 2.05) is 19.6 Å². The van der Waals surface area contributed by atoms with E-state index in [9.17, 15) is 14.0 Å². The van der Waals surface area contributed by atoms with Gasteiger partial charge in [0.2, 0.25) is 0 Å². The van der Waals surface area contributed by atoms with Crippen LogP contribution in [0.25, 0.3) is 0 Å². The van der Waals surface area contributed by atoms with Gasteiger partial charge < -0.3 is 4.43 Å². The molecule has 0 saturated heterocycles. The summed E-state index contributed by atoms with van der Waals surface area (Å²) in [4.78, 5) is 3.88. The van der Waals surface area contributed by atoms with Crippen LogP contribution in [0.1, 0.15) is 12.5 Å². The smallest absolute Gasteiger partial charge is 0.185 e. The third-order valence-electron chi connectivity index (χ3n) is 3.63. The van der Waals surface area contributed by atoms with E-state index in [0.29, 0.717) is 0 Å². The van der Waals surface area contributed by atoms with Gasteiger partial charge in [0.05, 0.1) is 18.5 Å². The van der Waals surface area contributed by atoms with Crippen molar-refractivity contribution in [2.75, 3.05) is 0 Å². The number of hydrogen-bond acceptors (Lipinski definition) is 4. The van der Waals surface area contributed by atoms with E-state index in [1.165, 1.54) is 17.3 Å². The quantitative estimate of drug-likeness (QED) is 0.749. The third kappa shape index (κ3) is 3.86. The number of halogens is 2. The Morgan fingerprint density at radius 1 is 1.38 bits per heavy atom. The molecule has 1 heterocycles. The summed E-state index contributed by atoms with van der Waals surface area (Å²) in [7, 11) is -2.23. The van der Waals surface area contributed by atoms with Crippen molar-refractivity contribution in [1.82, 2.24) is 14.8 Å². The van der Waals surface area contributed by atoms with Crippen molar-refractivity contribution in [3.63, 3.8) is 0 Å². The van der Waals surface area contributed by atoms with Crippen LogP contribution in [-0.2, 0) is 16.6 Å². The Bertz CT molecular complexity index is 740. The zero-order chi connectivity index (χ0) is 18.0. The topological polar surface area (TPSA) is 63.7 Å². The molecule has 0 spiro atoms. The summed E-state index contributed by atoms with van der Waals surface area (Å²) in [5.41, 5.74) is -1.34. The van der Waals surface area contributed by atoms with Gasteiger partial charge in [-0.25, -0.2) is 18.4 Å². The first-order chi connectivity index (χ1) is 11.2. The zero-order valence-electron chi connectivity index (χ0n) is 14.1. The van der Waals surface area contributed by atoms with Crippen molar-refractivity contribution in [2.24, 2.45) is 5.92 Å². The van der Waals surface area contributed by atoms with Crippen LogP contribution in [0.2, 0.25) is 19.6 Å². The van der Waals surface area contributed by atoms with Gasteiger partial charge in [0, 0.05) is 5.56 Å². The highest BCUT2D eigenvalue weighted by Crippen LogP contribution is 2.39. The van der Waals surface area contributed by atoms with Gasteiger partial charge in [-0.2, -0.15) is 10.4 Å². The average molecular weight is 350 g/mol. The molecule has 0 saturated carbocycles. The minimum Gasteiger partial charge on any atom is -0.405 e. The van der Waals surface area contributed by atoms with Gasteiger partial charge in [0.15, 0.2) is 8.32 Å². The lowest BCUT2D eigenvalue weighted by Crippen LogP contribution is -2.48. The van der Waals surface area contributed by atoms with E-state index < -0.39 is 31.5 Å². The molecule has 24 heavy (non-hydrogen) atoms. The lowest BCUT2D eigenvalue weighted by molar-refractivity contribution is -0.000887. The number of nitriles is 1. The first-order valence-electron chi connectivity index (χ1n) is 7.56. The van der Waals surface area contributed by atoms with Gasteiger partial charge >= 0.3 is 0 Å². The zero-order valence-corrected chi connectivity index (χ0v) is 15.1. The normalized spacial score (nSPS) is 15.5. The minimum absolute atomic E-state index is 0.0227. The summed E-state index contributed by atoms with van der Waals surface area (Å²) < 4.78 is 36.2. The number of hydrogen-bond donors (Lipinski definition) is 0. The highest BCUT2D eigenvalue weighted by Gasteiger charge is 2.45. The molecule has 1 aromatic heterocycles. The van der Waals surface area contributed by atoms with E-state index in [-0.39, 0.29) is 12.1 Å². The van der Waals surface area contributed by atoms with Crippen molar-refractivity contribution in [1.29, 1.82) is 5.26 Å². The molecule has 2 rings (SSSR count). The van der Waals surface area contributed by atoms with Gasteiger partial charge in [-0.1, -0.05) is 0 Å². The van der Waals surface area contributed by atoms with Crippen LogP contribution in [-0.4, -0.2) is 23.1 Å². The highest BCUT2D eigenvalue weighted by atomic mass is 28.4. The second-order valence-electron chi connectivity index (χ2n) is 6.67. The van der Waals surface area contributed by atoms with Crippen LogP contribution in [0.5, 0.6) is 0 Å². The van der Waals surface area contributed by atoms with Crippen molar-refractivity contribution in [3.05, 3.63) is 48.1 Å². The highest BCUT2D eigenvalue weighted by molar-refractivity contribution is 6.69. The van der Waals surface area contributed by atoms with Crippen LogP contribution in [0.4, 0.5) is 8.78 Å². The molecular formula is C16H20F2N4OSi. The van der Waals surface area contributed by atoms with Crippen LogP contribution in [0.15, 0.2) is 30.9 Å². The molecular weight excluding hydrogens is 330 g/mol. The molecule has 0 N–H and O–H groups in total. The molecule has 0 radical (unpaired) electrons. The molecule has 0 unspecified atom stereocenters. The maximum absolute atomic E-state index is 14.6. The maximum atomic E-state index is 14.6. The van der Waals surface area contributed by atoms with Crippen molar-refractivity contribution >= 4 is 8.32 Å². The molecule has 128 valence electrons. The Balaban J connectivity index is 2.68. The molecule has 0 aliphatic carbocycles. The number of benzene rings is 1. The Labute approximate surface area is 141 Å². The summed E-state index contributed by atoms with van der Waals surface area (Å²) in [5, 5.41) is 13.6. The van der Waals surface area contributed by atoms with Gasteiger partial charge in [-0.3, -0.25) is 0 Å². The van der Waals surface area contributed by atoms with E-state index in [2.05, 4.69) is 16.2 Å². The molecule has 0 amide bonds. The van der Waals surface area contributed by atoms with Gasteiger partial charge in [0.1, 0.15) is 29.9 Å². The Kier molecular flexibility index (Phi) is 5.16. The fraction of sp³-hybridized carbons (Fsp3) is 0.438. The molecule has 0 bridgehead atoms. The van der Waals surface area contributed by atoms with E-state index in [0.717, 1.165) is 18.2 Å². The predicted molar refractivity (Wildman–Crippen MR) is 87.3 cm³/mol. The van der Waals surface area contributed by atoms with E-state index in [1.54, 1.807) is 6.92 Å². The monoisotopic (exact) mass is 350 g/mol. The molecule has 2 atom stereocenters. The van der Waals surface area contributed by atoms with Gasteiger partial charge in [-0.15, -0.1) is 0 Å². The summed E-state index contributed by atoms with van der Waals surface area (Å²) in [6.45, 7) is 7.51. The van der Waals surface area contributed by atoms with Gasteiger partial charge in [-0.05, 0) is 44.8 Å². The Morgan fingerprint density at radius 3 is 2.62 bits per heavy atom. The number of nitrogens with zero attached hydrogens (tertiary/aromatic N) is 4. The van der Waals surface area contributed by atoms with Crippen LogP contribution in [0.3, 0.4) is 0 Å². The predicted octanol–water partition coefficient (Wildman–Crippen LogP) is 3.46. The lowest BCUT2D eigenvalue weighted by Gasteiger charge is -2.41. The molecule has 2 aromatic rings. The summed E-state index contributed by atoms with van der Waals surface area (Å²) in [5.74, 6) is -1.93. The molecule has 0 fully saturated rings. The fourth-order valence-electron chi connectivity index (χ4n) is 2.66. The Morgan fingerprint density at radius 2 is 2.08 bits per heavy atom. The van der Waals surface area contributed by atoms with E-state index >= 15 is 0 Å². The lowest BCUT2D eigenvalue weighted by atomic mass is 9.82. The SMILES string of the molecule is C[C@H](C#N)[C@](Cn1cncn1)(O[Si](C)(C)C)c1cc(F)ccc1F. The largest absolute Gasteiger partial charge is 0.405 e. The molecule has 0 aliphatic rings. The summed E-state index contributed by atoms with van der Waals surface area (Å²) in [6, 6.07) is 5.33. The minimum atomic E-state index is -2.23. The average Bonchev–Trinajstić information content (AvgIpc) is 2.99. The molecule has 0 aliphatic heterocycles. The summed E-state index contributed by atoms with van der Waals surface area (Å²) >= 11 is 0. The number of rotatable bonds is 6. The van der Waals surface area contributed by atoms with Crippen LogP contribution >= 0.6 is 0 Å². The number of aromatic nitrogens is 3. The second kappa shape index (κ2) is 6.79. The molecule has 8 heteroatoms. The molecule has 1 aromatic carbocycles. The standard InChI is InChI=1S/C16H20F2N4OSi/c1-12(8-19)16(23-24(2,3)4,9-22-11-20-10-21-22)14-7-13(17)5-6-15(14)18/h5-7,10-12H,9H2,1-4H3/t12-,16+/m1/s1. The Hall–Kier alpha value is -2.11. The fourth-order valence-corrected chi connectivity index (χ4v) is 4.10. The maximum Gasteiger partial charge on any atom is 0.185 e. The second-order valence-corrected chi connectivity index (χ2v) is 11.1. The van der Waals surface area contributed by atoms with Gasteiger partial charge in [0.25, 0.3) is 0 Å². The van der Waals surface area contributed by atoms with Crippen molar-refractivity contribution in [3.8, 4) is 6.07 Å². The van der Waals surface area contributed by atoms with Crippen LogP contribution < -0.4 is 0 Å². The van der Waals surface area contributed by atoms with Crippen LogP contribution in [0, 0.1) is 28.9 Å². The first kappa shape index (κ1) is 18.2. The van der Waals surface area contributed by atoms with E-state index in [4.69, 9.17) is 4.43 Å².